The Bertz CT molecular complexity index is 1390. The van der Waals surface area contributed by atoms with Gasteiger partial charge in [-0.05, 0) is 49.0 Å². The van der Waals surface area contributed by atoms with E-state index in [9.17, 15) is 4.79 Å². The standard InChI is InChI=1S/C29H35N5O3/c1-36-15-12-25-32-27-28(23-8-3-4-9-24(23)31-29(27)30)34(25)19-20-10-13-33(14-11-20)18-22-7-5-6-21(16-22)17-26(35)37-2/h3-9,16,20H,10-15,17-19H2,1-2H3,(H2,30,31). The number of piperidine rings is 1. The Hall–Kier alpha value is -3.49. The smallest absolute Gasteiger partial charge is 0.309 e. The van der Waals surface area contributed by atoms with Gasteiger partial charge in [0.2, 0.25) is 0 Å². The van der Waals surface area contributed by atoms with Crippen LogP contribution in [0.4, 0.5) is 5.82 Å². The maximum Gasteiger partial charge on any atom is 0.309 e. The molecule has 1 fully saturated rings. The van der Waals surface area contributed by atoms with Gasteiger partial charge in [0.15, 0.2) is 5.82 Å². The first-order chi connectivity index (χ1) is 18.1. The lowest BCUT2D eigenvalue weighted by molar-refractivity contribution is -0.139. The summed E-state index contributed by atoms with van der Waals surface area (Å²) >= 11 is 0. The lowest BCUT2D eigenvalue weighted by Crippen LogP contribution is -2.34. The van der Waals surface area contributed by atoms with Gasteiger partial charge in [0.25, 0.3) is 0 Å². The predicted molar refractivity (Wildman–Crippen MR) is 145 cm³/mol. The summed E-state index contributed by atoms with van der Waals surface area (Å²) < 4.78 is 12.6. The number of nitrogens with zero attached hydrogens (tertiary/aromatic N) is 4. The number of fused-ring (bicyclic) bond motifs is 3. The quantitative estimate of drug-likeness (QED) is 0.347. The fourth-order valence-electron chi connectivity index (χ4n) is 5.41. The van der Waals surface area contributed by atoms with Crippen molar-refractivity contribution in [3.8, 4) is 0 Å². The lowest BCUT2D eigenvalue weighted by Gasteiger charge is -2.32. The number of likely N-dealkylation sites (tertiary alicyclic amines) is 1. The van der Waals surface area contributed by atoms with Crippen molar-refractivity contribution < 1.29 is 14.3 Å². The Kier molecular flexibility index (Phi) is 7.67. The number of aromatic nitrogens is 3. The normalized spacial score (nSPS) is 15.0. The third-order valence-corrected chi connectivity index (χ3v) is 7.34. The molecular formula is C29H35N5O3. The summed E-state index contributed by atoms with van der Waals surface area (Å²) in [6, 6.07) is 16.4. The van der Waals surface area contributed by atoms with Gasteiger partial charge < -0.3 is 19.8 Å². The van der Waals surface area contributed by atoms with Crippen molar-refractivity contribution in [2.75, 3.05) is 39.6 Å². The Morgan fingerprint density at radius 3 is 2.62 bits per heavy atom. The zero-order valence-corrected chi connectivity index (χ0v) is 21.7. The summed E-state index contributed by atoms with van der Waals surface area (Å²) in [5, 5.41) is 1.09. The molecule has 0 amide bonds. The van der Waals surface area contributed by atoms with Gasteiger partial charge in [0.1, 0.15) is 11.3 Å². The number of anilines is 1. The van der Waals surface area contributed by atoms with E-state index in [1.807, 2.05) is 30.3 Å². The molecule has 2 aromatic heterocycles. The van der Waals surface area contributed by atoms with Crippen LogP contribution in [0.2, 0.25) is 0 Å². The number of imidazole rings is 1. The third-order valence-electron chi connectivity index (χ3n) is 7.34. The molecular weight excluding hydrogens is 466 g/mol. The molecule has 1 saturated heterocycles. The van der Waals surface area contributed by atoms with Crippen LogP contribution in [0.3, 0.4) is 0 Å². The highest BCUT2D eigenvalue weighted by Gasteiger charge is 2.24. The van der Waals surface area contributed by atoms with Gasteiger partial charge in [-0.3, -0.25) is 9.69 Å². The molecule has 5 rings (SSSR count). The van der Waals surface area contributed by atoms with Crippen LogP contribution >= 0.6 is 0 Å². The molecule has 2 N–H and O–H groups in total. The van der Waals surface area contributed by atoms with Crippen LogP contribution in [0, 0.1) is 5.92 Å². The number of hydrogen-bond acceptors (Lipinski definition) is 7. The van der Waals surface area contributed by atoms with Crippen LogP contribution < -0.4 is 5.73 Å². The highest BCUT2D eigenvalue weighted by atomic mass is 16.5. The average molecular weight is 502 g/mol. The predicted octanol–water partition coefficient (Wildman–Crippen LogP) is 3.98. The molecule has 0 spiro atoms. The van der Waals surface area contributed by atoms with E-state index in [2.05, 4.69) is 32.7 Å². The SMILES string of the molecule is COCCc1nc2c(N)nc3ccccc3c2n1CC1CCN(Cc2cccc(CC(=O)OC)c2)CC1. The van der Waals surface area contributed by atoms with Crippen LogP contribution in [0.15, 0.2) is 48.5 Å². The van der Waals surface area contributed by atoms with E-state index < -0.39 is 0 Å². The number of methoxy groups -OCH3 is 2. The highest BCUT2D eigenvalue weighted by molar-refractivity contribution is 6.06. The minimum absolute atomic E-state index is 0.208. The Balaban J connectivity index is 1.31. The lowest BCUT2D eigenvalue weighted by atomic mass is 9.96. The number of carbonyl (C=O) groups is 1. The summed E-state index contributed by atoms with van der Waals surface area (Å²) in [6.07, 6.45) is 3.28. The molecule has 3 heterocycles. The second-order valence-electron chi connectivity index (χ2n) is 9.89. The van der Waals surface area contributed by atoms with Crippen molar-refractivity contribution >= 4 is 33.7 Å². The number of hydrogen-bond donors (Lipinski definition) is 1. The number of esters is 1. The van der Waals surface area contributed by atoms with Gasteiger partial charge in [0.05, 0.1) is 31.2 Å². The molecule has 1 aliphatic rings. The first-order valence-electron chi connectivity index (χ1n) is 12.9. The highest BCUT2D eigenvalue weighted by Crippen LogP contribution is 2.31. The average Bonchev–Trinajstić information content (AvgIpc) is 3.27. The molecule has 4 aromatic rings. The van der Waals surface area contributed by atoms with Gasteiger partial charge in [-0.1, -0.05) is 42.5 Å². The Morgan fingerprint density at radius 1 is 1.05 bits per heavy atom. The van der Waals surface area contributed by atoms with Crippen LogP contribution in [0.1, 0.15) is 29.8 Å². The van der Waals surface area contributed by atoms with Gasteiger partial charge in [-0.25, -0.2) is 9.97 Å². The number of carbonyl (C=O) groups excluding carboxylic acids is 1. The first-order valence-corrected chi connectivity index (χ1v) is 12.9. The van der Waals surface area contributed by atoms with Crippen molar-refractivity contribution in [3.05, 3.63) is 65.5 Å². The van der Waals surface area contributed by atoms with Gasteiger partial charge in [-0.2, -0.15) is 0 Å². The van der Waals surface area contributed by atoms with E-state index in [1.54, 1.807) is 7.11 Å². The molecule has 2 aromatic carbocycles. The maximum absolute atomic E-state index is 11.6. The number of ether oxygens (including phenoxy) is 2. The van der Waals surface area contributed by atoms with Gasteiger partial charge in [0, 0.05) is 32.0 Å². The Labute approximate surface area is 217 Å². The summed E-state index contributed by atoms with van der Waals surface area (Å²) in [6.45, 7) is 4.49. The van der Waals surface area contributed by atoms with Crippen LogP contribution in [-0.2, 0) is 40.2 Å². The van der Waals surface area contributed by atoms with Crippen molar-refractivity contribution in [3.63, 3.8) is 0 Å². The summed E-state index contributed by atoms with van der Waals surface area (Å²) in [7, 11) is 3.15. The van der Waals surface area contributed by atoms with E-state index in [4.69, 9.17) is 20.2 Å². The fourth-order valence-corrected chi connectivity index (χ4v) is 5.41. The van der Waals surface area contributed by atoms with E-state index >= 15 is 0 Å². The molecule has 194 valence electrons. The molecule has 8 heteroatoms. The second kappa shape index (κ2) is 11.3. The van der Waals surface area contributed by atoms with Crippen molar-refractivity contribution in [2.24, 2.45) is 5.92 Å². The molecule has 0 bridgehead atoms. The monoisotopic (exact) mass is 501 g/mol. The number of nitrogen functional groups attached to an aromatic ring is 1. The summed E-state index contributed by atoms with van der Waals surface area (Å²) in [5.41, 5.74) is 11.3. The maximum atomic E-state index is 11.6. The van der Waals surface area contributed by atoms with E-state index in [0.717, 1.165) is 78.8 Å². The van der Waals surface area contributed by atoms with Crippen molar-refractivity contribution in [2.45, 2.75) is 38.8 Å². The minimum Gasteiger partial charge on any atom is -0.469 e. The topological polar surface area (TPSA) is 95.5 Å². The number of rotatable bonds is 9. The van der Waals surface area contributed by atoms with Crippen LogP contribution in [0.25, 0.3) is 21.9 Å². The van der Waals surface area contributed by atoms with E-state index in [-0.39, 0.29) is 5.97 Å². The van der Waals surface area contributed by atoms with Crippen LogP contribution in [0.5, 0.6) is 0 Å². The van der Waals surface area contributed by atoms with Gasteiger partial charge >= 0.3 is 5.97 Å². The number of nitrogens with two attached hydrogens (primary N) is 1. The van der Waals surface area contributed by atoms with E-state index in [1.165, 1.54) is 12.7 Å². The fraction of sp³-hybridized carbons (Fsp3) is 0.414. The summed E-state index contributed by atoms with van der Waals surface area (Å²) in [5.74, 6) is 1.83. The summed E-state index contributed by atoms with van der Waals surface area (Å²) in [4.78, 5) is 23.7. The molecule has 8 nitrogen and oxygen atoms in total. The molecule has 0 atom stereocenters. The van der Waals surface area contributed by atoms with E-state index in [0.29, 0.717) is 24.8 Å². The molecule has 0 aliphatic carbocycles. The third kappa shape index (κ3) is 5.60. The molecule has 37 heavy (non-hydrogen) atoms. The largest absolute Gasteiger partial charge is 0.469 e. The number of para-hydroxylation sites is 1. The number of benzene rings is 2. The molecule has 0 saturated carbocycles. The molecule has 0 radical (unpaired) electrons. The van der Waals surface area contributed by atoms with Crippen molar-refractivity contribution in [1.29, 1.82) is 0 Å². The van der Waals surface area contributed by atoms with Gasteiger partial charge in [-0.15, -0.1) is 0 Å². The Morgan fingerprint density at radius 2 is 1.84 bits per heavy atom. The second-order valence-corrected chi connectivity index (χ2v) is 9.89. The zero-order valence-electron chi connectivity index (χ0n) is 21.7. The van der Waals surface area contributed by atoms with Crippen LogP contribution in [-0.4, -0.2) is 59.3 Å². The minimum atomic E-state index is -0.208. The first kappa shape index (κ1) is 25.2. The molecule has 1 aliphatic heterocycles. The van der Waals surface area contributed by atoms with Crippen molar-refractivity contribution in [1.82, 2.24) is 19.4 Å². The number of pyridine rings is 1. The molecule has 0 unspecified atom stereocenters. The zero-order chi connectivity index (χ0) is 25.8.